The first-order valence-electron chi connectivity index (χ1n) is 40.0. The molecule has 0 aromatic rings. The van der Waals surface area contributed by atoms with Crippen LogP contribution in [0.4, 0.5) is 0 Å². The normalized spacial score (nSPS) is 12.0. The summed E-state index contributed by atoms with van der Waals surface area (Å²) < 4.78 is 66.8. The SMILES string of the molecule is CCCCCC[N+](CCC)(CCCCCC)CCCOC(=O)CCCCOCCCCC[Si](OCC)(OCC)OCC.CCCCCC[N+](CCC)(CCCCCC)CCCOC(=O)CCCCOCCCOCCCCCCCCCC[Si](OCC)(OCC)OCC.[Br-].[Cl-]. The summed E-state index contributed by atoms with van der Waals surface area (Å²) in [6.07, 6.45) is 43.9. The van der Waals surface area contributed by atoms with Crippen molar-refractivity contribution in [2.75, 3.05) is 145 Å². The zero-order chi connectivity index (χ0) is 68.8. The highest BCUT2D eigenvalue weighted by Crippen LogP contribution is 2.24. The average molecular weight is 1480 g/mol. The lowest BCUT2D eigenvalue weighted by atomic mass is 10.1. The fourth-order valence-corrected chi connectivity index (χ4v) is 18.3. The van der Waals surface area contributed by atoms with E-state index in [9.17, 15) is 9.59 Å². The molecule has 0 radical (unpaired) electrons. The van der Waals surface area contributed by atoms with Crippen LogP contribution in [0.5, 0.6) is 0 Å². The molecule has 19 heteroatoms. The van der Waals surface area contributed by atoms with Gasteiger partial charge in [-0.25, -0.2) is 0 Å². The summed E-state index contributed by atoms with van der Waals surface area (Å²) >= 11 is 0. The zero-order valence-electron chi connectivity index (χ0n) is 64.8. The predicted molar refractivity (Wildman–Crippen MR) is 394 cm³/mol. The van der Waals surface area contributed by atoms with Crippen molar-refractivity contribution in [3.05, 3.63) is 0 Å². The van der Waals surface area contributed by atoms with E-state index >= 15 is 0 Å². The van der Waals surface area contributed by atoms with E-state index in [0.29, 0.717) is 78.9 Å². The molecule has 574 valence electrons. The van der Waals surface area contributed by atoms with E-state index in [2.05, 4.69) is 41.5 Å². The first kappa shape index (κ1) is 101. The predicted octanol–water partition coefficient (Wildman–Crippen LogP) is 13.8. The van der Waals surface area contributed by atoms with Crippen LogP contribution in [0.25, 0.3) is 0 Å². The molecule has 0 bridgehead atoms. The highest BCUT2D eigenvalue weighted by atomic mass is 79.9. The van der Waals surface area contributed by atoms with E-state index in [1.165, 1.54) is 202 Å². The lowest BCUT2D eigenvalue weighted by molar-refractivity contribution is -0.929. The molecule has 0 N–H and O–H groups in total. The van der Waals surface area contributed by atoms with E-state index < -0.39 is 17.6 Å². The molecule has 0 rings (SSSR count). The monoisotopic (exact) mass is 1480 g/mol. The summed E-state index contributed by atoms with van der Waals surface area (Å²) in [6.45, 7) is 45.2. The molecule has 0 saturated heterocycles. The third kappa shape index (κ3) is 62.0. The Balaban J connectivity index is -0.000000869. The molecule has 0 atom stereocenters. The van der Waals surface area contributed by atoms with Crippen LogP contribution in [0.2, 0.25) is 12.1 Å². The molecule has 0 heterocycles. The maximum absolute atomic E-state index is 12.3. The minimum Gasteiger partial charge on any atom is -1.00 e. The van der Waals surface area contributed by atoms with E-state index in [-0.39, 0.29) is 41.3 Å². The lowest BCUT2D eigenvalue weighted by Crippen LogP contribution is -3.00. The number of carbonyl (C=O) groups is 2. The fourth-order valence-electron chi connectivity index (χ4n) is 12.9. The summed E-state index contributed by atoms with van der Waals surface area (Å²) in [5, 5.41) is 0. The Labute approximate surface area is 608 Å². The topological polar surface area (TPSA) is 136 Å². The van der Waals surface area contributed by atoms with Crippen molar-refractivity contribution in [2.45, 2.75) is 339 Å². The van der Waals surface area contributed by atoms with Gasteiger partial charge in [-0.3, -0.25) is 9.59 Å². The second kappa shape index (κ2) is 76.3. The molecular formula is C76H160BrClN2O13Si2. The van der Waals surface area contributed by atoms with Gasteiger partial charge in [-0.15, -0.1) is 0 Å². The van der Waals surface area contributed by atoms with Crippen LogP contribution in [0.15, 0.2) is 0 Å². The zero-order valence-corrected chi connectivity index (χ0v) is 69.1. The second-order valence-corrected chi connectivity index (χ2v) is 31.8. The van der Waals surface area contributed by atoms with Crippen molar-refractivity contribution >= 4 is 29.5 Å². The van der Waals surface area contributed by atoms with Crippen LogP contribution in [0.3, 0.4) is 0 Å². The number of esters is 2. The van der Waals surface area contributed by atoms with E-state index in [0.717, 1.165) is 129 Å². The van der Waals surface area contributed by atoms with Crippen molar-refractivity contribution in [1.29, 1.82) is 0 Å². The molecule has 0 spiro atoms. The fraction of sp³-hybridized carbons (Fsp3) is 0.974. The number of hydrogen-bond donors (Lipinski definition) is 0. The van der Waals surface area contributed by atoms with Crippen LogP contribution in [-0.4, -0.2) is 183 Å². The Morgan fingerprint density at radius 2 is 0.495 bits per heavy atom. The van der Waals surface area contributed by atoms with Crippen LogP contribution >= 0.6 is 0 Å². The molecule has 0 aromatic carbocycles. The van der Waals surface area contributed by atoms with Crippen molar-refractivity contribution in [2.24, 2.45) is 0 Å². The van der Waals surface area contributed by atoms with Crippen LogP contribution in [0, 0.1) is 0 Å². The first-order chi connectivity index (χ1) is 45.4. The number of quaternary nitrogens is 2. The molecule has 0 aliphatic heterocycles. The third-order valence-corrected chi connectivity index (χ3v) is 24.1. The summed E-state index contributed by atoms with van der Waals surface area (Å²) in [4.78, 5) is 24.7. The summed E-state index contributed by atoms with van der Waals surface area (Å²) in [5.41, 5.74) is 0. The van der Waals surface area contributed by atoms with E-state index in [4.69, 9.17) is 50.2 Å². The number of hydrogen-bond acceptors (Lipinski definition) is 13. The van der Waals surface area contributed by atoms with Gasteiger partial charge in [-0.05, 0) is 164 Å². The molecule has 0 aliphatic rings. The lowest BCUT2D eigenvalue weighted by Gasteiger charge is -2.39. The van der Waals surface area contributed by atoms with Crippen LogP contribution in [-0.2, 0) is 59.8 Å². The van der Waals surface area contributed by atoms with Gasteiger partial charge in [0.15, 0.2) is 0 Å². The van der Waals surface area contributed by atoms with Crippen LogP contribution < -0.4 is 29.4 Å². The van der Waals surface area contributed by atoms with Crippen LogP contribution in [0.1, 0.15) is 327 Å². The van der Waals surface area contributed by atoms with E-state index in [1.54, 1.807) is 0 Å². The Kier molecular flexibility index (Phi) is 81.2. The van der Waals surface area contributed by atoms with Gasteiger partial charge in [0, 0.05) is 117 Å². The van der Waals surface area contributed by atoms with Gasteiger partial charge >= 0.3 is 29.5 Å². The largest absolute Gasteiger partial charge is 1.00 e. The molecule has 0 unspecified atom stereocenters. The summed E-state index contributed by atoms with van der Waals surface area (Å²) in [6, 6.07) is 1.79. The van der Waals surface area contributed by atoms with Gasteiger partial charge in [0.2, 0.25) is 0 Å². The standard InChI is InChI=1S/C42H88NO7Si.C34H72NO6Si.BrH.ClH/c1-7-13-15-24-33-43(32-9-3,34-25-16-14-8-2)35-29-40-47-42(44)31-23-27-37-46-39-30-38-45-36-26-21-19-17-18-20-22-28-41-51(48-10-4,49-11-5)50-12-6;1-7-13-15-19-27-35(26-9-3,28-20-16-14-8-2)29-24-32-38-34(36)25-18-22-31-37-30-21-17-23-33-42(39-10-4,40-11-5)41-12-6;;/h7-41H2,1-6H3;7-33H2,1-6H3;2*1H/q2*+1;;/p-2. The van der Waals surface area contributed by atoms with Gasteiger partial charge in [0.05, 0.1) is 65.6 Å². The van der Waals surface area contributed by atoms with Gasteiger partial charge < -0.3 is 88.6 Å². The molecular weight excluding hydrogens is 1320 g/mol. The maximum Gasteiger partial charge on any atom is 0.500 e. The number of halogens is 2. The Hall–Kier alpha value is -0.296. The maximum atomic E-state index is 12.3. The number of ether oxygens (including phenoxy) is 5. The van der Waals surface area contributed by atoms with Crippen molar-refractivity contribution < 1.29 is 98.2 Å². The van der Waals surface area contributed by atoms with E-state index in [1.807, 2.05) is 41.5 Å². The van der Waals surface area contributed by atoms with Gasteiger partial charge in [-0.2, -0.15) is 0 Å². The minimum atomic E-state index is -2.52. The minimum absolute atomic E-state index is 0. The highest BCUT2D eigenvalue weighted by molar-refractivity contribution is 6.61. The van der Waals surface area contributed by atoms with Crippen molar-refractivity contribution in [3.63, 3.8) is 0 Å². The molecule has 95 heavy (non-hydrogen) atoms. The first-order valence-corrected chi connectivity index (χ1v) is 43.9. The smallest absolute Gasteiger partial charge is 0.500 e. The second-order valence-electron chi connectivity index (χ2n) is 26.3. The third-order valence-electron chi connectivity index (χ3n) is 17.8. The summed E-state index contributed by atoms with van der Waals surface area (Å²) in [5.74, 6) is -0.107. The van der Waals surface area contributed by atoms with Crippen molar-refractivity contribution in [3.8, 4) is 0 Å². The number of carbonyl (C=O) groups excluding carboxylic acids is 2. The summed E-state index contributed by atoms with van der Waals surface area (Å²) in [7, 11) is -4.99. The molecule has 0 amide bonds. The van der Waals surface area contributed by atoms with Crippen molar-refractivity contribution in [1.82, 2.24) is 0 Å². The Bertz CT molecular complexity index is 1500. The highest BCUT2D eigenvalue weighted by Gasteiger charge is 2.40. The molecule has 0 aliphatic carbocycles. The number of nitrogens with zero attached hydrogens (tertiary/aromatic N) is 2. The molecule has 0 fully saturated rings. The van der Waals surface area contributed by atoms with Gasteiger partial charge in [0.1, 0.15) is 0 Å². The molecule has 0 saturated carbocycles. The Morgan fingerprint density at radius 1 is 0.253 bits per heavy atom. The van der Waals surface area contributed by atoms with Gasteiger partial charge in [-0.1, -0.05) is 138 Å². The van der Waals surface area contributed by atoms with Gasteiger partial charge in [0.25, 0.3) is 0 Å². The Morgan fingerprint density at radius 3 is 0.779 bits per heavy atom. The quantitative estimate of drug-likeness (QED) is 0.0248. The molecule has 0 aromatic heterocycles. The average Bonchev–Trinajstić information content (AvgIpc) is 1.51. The molecule has 15 nitrogen and oxygen atoms in total. The number of rotatable bonds is 75. The number of unbranched alkanes of at least 4 members (excludes halogenated alkanes) is 23.